The Balaban J connectivity index is 2.80. The summed E-state index contributed by atoms with van der Waals surface area (Å²) in [4.78, 5) is 13.6. The van der Waals surface area contributed by atoms with Gasteiger partial charge in [0, 0.05) is 19.3 Å². The molecule has 0 heterocycles. The van der Waals surface area contributed by atoms with Crippen LogP contribution in [-0.2, 0) is 4.79 Å². The number of carbonyl (C=O) groups is 1. The number of hydrogen-bond acceptors (Lipinski definition) is 2. The molecule has 1 unspecified atom stereocenters. The topological polar surface area (TPSA) is 46.3 Å². The highest BCUT2D eigenvalue weighted by molar-refractivity contribution is 5.83. The third-order valence-corrected chi connectivity index (χ3v) is 2.66. The third kappa shape index (κ3) is 2.72. The van der Waals surface area contributed by atoms with Crippen molar-refractivity contribution in [3.8, 4) is 0 Å². The third-order valence-electron chi connectivity index (χ3n) is 2.66. The first kappa shape index (κ1) is 11.6. The van der Waals surface area contributed by atoms with Crippen molar-refractivity contribution in [1.29, 1.82) is 0 Å². The zero-order chi connectivity index (χ0) is 11.4. The molecule has 0 fully saturated rings. The van der Waals surface area contributed by atoms with Crippen LogP contribution in [0.25, 0.3) is 0 Å². The van der Waals surface area contributed by atoms with Gasteiger partial charge in [0.1, 0.15) is 0 Å². The first-order valence-electron chi connectivity index (χ1n) is 5.16. The van der Waals surface area contributed by atoms with Crippen LogP contribution in [0.3, 0.4) is 0 Å². The lowest BCUT2D eigenvalue weighted by atomic mass is 9.99. The number of amides is 1. The molecule has 0 saturated carbocycles. The fourth-order valence-corrected chi connectivity index (χ4v) is 1.41. The highest BCUT2D eigenvalue weighted by atomic mass is 16.2. The average Bonchev–Trinajstić information content (AvgIpc) is 2.27. The van der Waals surface area contributed by atoms with E-state index in [0.29, 0.717) is 0 Å². The molecule has 15 heavy (non-hydrogen) atoms. The van der Waals surface area contributed by atoms with Crippen LogP contribution in [0.5, 0.6) is 0 Å². The van der Waals surface area contributed by atoms with Crippen molar-refractivity contribution >= 4 is 11.6 Å². The van der Waals surface area contributed by atoms with E-state index in [4.69, 9.17) is 5.73 Å². The summed E-state index contributed by atoms with van der Waals surface area (Å²) in [6, 6.07) is 7.46. The zero-order valence-electron chi connectivity index (χ0n) is 9.53. The van der Waals surface area contributed by atoms with Gasteiger partial charge in [-0.1, -0.05) is 12.1 Å². The molecule has 0 aliphatic rings. The van der Waals surface area contributed by atoms with Gasteiger partial charge in [-0.05, 0) is 31.5 Å². The van der Waals surface area contributed by atoms with Gasteiger partial charge in [-0.3, -0.25) is 4.79 Å². The van der Waals surface area contributed by atoms with E-state index in [1.165, 1.54) is 0 Å². The molecule has 1 atom stereocenters. The van der Waals surface area contributed by atoms with Crippen LogP contribution in [0.15, 0.2) is 24.3 Å². The molecular formula is C12H18N2O. The second kappa shape index (κ2) is 4.82. The van der Waals surface area contributed by atoms with Crippen LogP contribution >= 0.6 is 0 Å². The number of hydrogen-bond donors (Lipinski definition) is 1. The molecule has 2 N–H and O–H groups in total. The largest absolute Gasteiger partial charge is 0.399 e. The first-order chi connectivity index (χ1) is 7.06. The van der Waals surface area contributed by atoms with E-state index in [-0.39, 0.29) is 11.8 Å². The number of nitrogens with two attached hydrogens (primary N) is 1. The van der Waals surface area contributed by atoms with Crippen LogP contribution in [-0.4, -0.2) is 24.4 Å². The molecule has 1 rings (SSSR count). The molecule has 0 spiro atoms. The molecule has 1 aromatic rings. The van der Waals surface area contributed by atoms with Crippen molar-refractivity contribution in [3.63, 3.8) is 0 Å². The molecule has 0 aliphatic heterocycles. The number of rotatable bonds is 3. The smallest absolute Gasteiger partial charge is 0.229 e. The van der Waals surface area contributed by atoms with Gasteiger partial charge in [0.15, 0.2) is 0 Å². The van der Waals surface area contributed by atoms with Gasteiger partial charge < -0.3 is 10.6 Å². The lowest BCUT2D eigenvalue weighted by molar-refractivity contribution is -0.130. The first-order valence-corrected chi connectivity index (χ1v) is 5.16. The van der Waals surface area contributed by atoms with Crippen molar-refractivity contribution in [2.45, 2.75) is 19.8 Å². The van der Waals surface area contributed by atoms with Gasteiger partial charge in [0.05, 0.1) is 5.92 Å². The Morgan fingerprint density at radius 1 is 1.40 bits per heavy atom. The Morgan fingerprint density at radius 2 is 1.93 bits per heavy atom. The Labute approximate surface area is 90.9 Å². The summed E-state index contributed by atoms with van der Waals surface area (Å²) >= 11 is 0. The van der Waals surface area contributed by atoms with E-state index < -0.39 is 0 Å². The van der Waals surface area contributed by atoms with E-state index in [1.54, 1.807) is 4.90 Å². The highest BCUT2D eigenvalue weighted by Gasteiger charge is 2.17. The Bertz CT molecular complexity index is 332. The Kier molecular flexibility index (Phi) is 3.72. The minimum atomic E-state index is -0.101. The van der Waals surface area contributed by atoms with Gasteiger partial charge >= 0.3 is 0 Å². The molecule has 1 aromatic carbocycles. The normalized spacial score (nSPS) is 12.2. The lowest BCUT2D eigenvalue weighted by Gasteiger charge is -2.19. The van der Waals surface area contributed by atoms with Gasteiger partial charge in [0.2, 0.25) is 5.91 Å². The zero-order valence-corrected chi connectivity index (χ0v) is 9.53. The van der Waals surface area contributed by atoms with Crippen molar-refractivity contribution in [2.75, 3.05) is 19.3 Å². The number of carbonyl (C=O) groups excluding carboxylic acids is 1. The maximum absolute atomic E-state index is 11.9. The molecule has 3 nitrogen and oxygen atoms in total. The van der Waals surface area contributed by atoms with E-state index in [9.17, 15) is 4.79 Å². The van der Waals surface area contributed by atoms with Gasteiger partial charge in [-0.15, -0.1) is 0 Å². The van der Waals surface area contributed by atoms with Crippen LogP contribution in [0.2, 0.25) is 0 Å². The van der Waals surface area contributed by atoms with Gasteiger partial charge in [-0.25, -0.2) is 0 Å². The summed E-state index contributed by atoms with van der Waals surface area (Å²) in [7, 11) is 1.82. The predicted octanol–water partition coefficient (Wildman–Crippen LogP) is 1.85. The second-order valence-corrected chi connectivity index (χ2v) is 3.74. The average molecular weight is 206 g/mol. The second-order valence-electron chi connectivity index (χ2n) is 3.74. The molecule has 0 aromatic heterocycles. The van der Waals surface area contributed by atoms with Crippen molar-refractivity contribution in [1.82, 2.24) is 4.90 Å². The number of benzene rings is 1. The number of anilines is 1. The van der Waals surface area contributed by atoms with Crippen molar-refractivity contribution in [3.05, 3.63) is 29.8 Å². The van der Waals surface area contributed by atoms with Crippen molar-refractivity contribution in [2.24, 2.45) is 0 Å². The molecule has 82 valence electrons. The van der Waals surface area contributed by atoms with Crippen LogP contribution in [0.4, 0.5) is 5.69 Å². The quantitative estimate of drug-likeness (QED) is 0.767. The lowest BCUT2D eigenvalue weighted by Crippen LogP contribution is -2.30. The van der Waals surface area contributed by atoms with Gasteiger partial charge in [-0.2, -0.15) is 0 Å². The maximum atomic E-state index is 11.9. The summed E-state index contributed by atoms with van der Waals surface area (Å²) in [5.41, 5.74) is 7.33. The van der Waals surface area contributed by atoms with E-state index in [1.807, 2.05) is 45.2 Å². The Hall–Kier alpha value is -1.51. The van der Waals surface area contributed by atoms with E-state index >= 15 is 0 Å². The van der Waals surface area contributed by atoms with Crippen LogP contribution in [0, 0.1) is 0 Å². The maximum Gasteiger partial charge on any atom is 0.229 e. The number of nitrogens with zero attached hydrogens (tertiary/aromatic N) is 1. The fraction of sp³-hybridized carbons (Fsp3) is 0.417. The molecule has 3 heteroatoms. The molecule has 0 aliphatic carbocycles. The summed E-state index contributed by atoms with van der Waals surface area (Å²) in [6.07, 6.45) is 0. The molecule has 0 radical (unpaired) electrons. The number of nitrogen functional groups attached to an aromatic ring is 1. The van der Waals surface area contributed by atoms with Gasteiger partial charge in [0.25, 0.3) is 0 Å². The summed E-state index contributed by atoms with van der Waals surface area (Å²) < 4.78 is 0. The van der Waals surface area contributed by atoms with Crippen LogP contribution in [0.1, 0.15) is 25.3 Å². The van der Waals surface area contributed by atoms with Crippen LogP contribution < -0.4 is 5.73 Å². The fourth-order valence-electron chi connectivity index (χ4n) is 1.41. The van der Waals surface area contributed by atoms with E-state index in [2.05, 4.69) is 0 Å². The monoisotopic (exact) mass is 206 g/mol. The highest BCUT2D eigenvalue weighted by Crippen LogP contribution is 2.18. The standard InChI is InChI=1S/C12H18N2O/c1-4-14(3)12(15)9(2)10-5-7-11(13)8-6-10/h5-9H,4,13H2,1-3H3. The molecule has 1 amide bonds. The minimum absolute atomic E-state index is 0.101. The summed E-state index contributed by atoms with van der Waals surface area (Å²) in [6.45, 7) is 4.62. The van der Waals surface area contributed by atoms with Crippen molar-refractivity contribution < 1.29 is 4.79 Å². The molecule has 0 saturated heterocycles. The number of likely N-dealkylation sites (N-methyl/N-ethyl adjacent to an activating group) is 1. The Morgan fingerprint density at radius 3 is 2.40 bits per heavy atom. The molecular weight excluding hydrogens is 188 g/mol. The van der Waals surface area contributed by atoms with E-state index in [0.717, 1.165) is 17.8 Å². The summed E-state index contributed by atoms with van der Waals surface area (Å²) in [5, 5.41) is 0. The molecule has 0 bridgehead atoms. The SMILES string of the molecule is CCN(C)C(=O)C(C)c1ccc(N)cc1. The summed E-state index contributed by atoms with van der Waals surface area (Å²) in [5.74, 6) is 0.0396. The predicted molar refractivity (Wildman–Crippen MR) is 62.6 cm³/mol. The minimum Gasteiger partial charge on any atom is -0.399 e.